The number of rotatable bonds is 5. The number of sulfonamides is 1. The molecule has 0 aliphatic heterocycles. The van der Waals surface area contributed by atoms with Gasteiger partial charge in [0.2, 0.25) is 15.9 Å². The van der Waals surface area contributed by atoms with Crippen molar-refractivity contribution in [2.45, 2.75) is 31.7 Å². The molecule has 0 saturated heterocycles. The Morgan fingerprint density at radius 3 is 2.27 bits per heavy atom. The van der Waals surface area contributed by atoms with Crippen molar-refractivity contribution >= 4 is 21.6 Å². The highest BCUT2D eigenvalue weighted by Crippen LogP contribution is 2.20. The van der Waals surface area contributed by atoms with Crippen molar-refractivity contribution in [1.82, 2.24) is 4.72 Å². The first-order valence-corrected chi connectivity index (χ1v) is 8.22. The van der Waals surface area contributed by atoms with Crippen molar-refractivity contribution in [3.05, 3.63) is 47.9 Å². The monoisotopic (exact) mass is 322 g/mol. The topological polar surface area (TPSA) is 88.4 Å². The number of anilines is 1. The quantitative estimate of drug-likeness (QED) is 0.885. The second kappa shape index (κ2) is 6.33. The molecule has 0 bridgehead atoms. The summed E-state index contributed by atoms with van der Waals surface area (Å²) in [6.07, 6.45) is 0. The number of benzene rings is 1. The van der Waals surface area contributed by atoms with E-state index in [0.29, 0.717) is 11.4 Å². The molecule has 2 aromatic rings. The van der Waals surface area contributed by atoms with E-state index >= 15 is 0 Å². The van der Waals surface area contributed by atoms with E-state index < -0.39 is 16.1 Å². The van der Waals surface area contributed by atoms with Gasteiger partial charge in [0.15, 0.2) is 0 Å². The Balaban J connectivity index is 2.14. The summed E-state index contributed by atoms with van der Waals surface area (Å²) in [7, 11) is -3.67. The normalized spacial score (nSPS) is 12.9. The highest BCUT2D eigenvalue weighted by molar-refractivity contribution is 7.89. The molecule has 6 nitrogen and oxygen atoms in total. The van der Waals surface area contributed by atoms with Gasteiger partial charge in [0, 0.05) is 12.6 Å². The highest BCUT2D eigenvalue weighted by atomic mass is 32.2. The van der Waals surface area contributed by atoms with Gasteiger partial charge in [-0.1, -0.05) is 0 Å². The summed E-state index contributed by atoms with van der Waals surface area (Å²) < 4.78 is 32.6. The maximum atomic E-state index is 12.3. The van der Waals surface area contributed by atoms with Crippen LogP contribution in [-0.2, 0) is 14.8 Å². The van der Waals surface area contributed by atoms with Crippen LogP contribution in [0.15, 0.2) is 45.7 Å². The maximum absolute atomic E-state index is 12.3. The Morgan fingerprint density at radius 2 is 1.77 bits per heavy atom. The Labute approximate surface area is 129 Å². The van der Waals surface area contributed by atoms with Gasteiger partial charge in [-0.2, -0.15) is 0 Å². The van der Waals surface area contributed by atoms with Gasteiger partial charge in [0.25, 0.3) is 0 Å². The van der Waals surface area contributed by atoms with E-state index in [9.17, 15) is 13.2 Å². The van der Waals surface area contributed by atoms with Gasteiger partial charge in [-0.05, 0) is 50.2 Å². The summed E-state index contributed by atoms with van der Waals surface area (Å²) >= 11 is 0. The van der Waals surface area contributed by atoms with Gasteiger partial charge >= 0.3 is 0 Å². The highest BCUT2D eigenvalue weighted by Gasteiger charge is 2.20. The molecule has 0 radical (unpaired) electrons. The van der Waals surface area contributed by atoms with Crippen LogP contribution in [0.4, 0.5) is 5.69 Å². The average Bonchev–Trinajstić information content (AvgIpc) is 2.85. The Hall–Kier alpha value is -2.12. The van der Waals surface area contributed by atoms with Gasteiger partial charge in [-0.25, -0.2) is 13.1 Å². The first-order valence-electron chi connectivity index (χ1n) is 6.74. The molecule has 7 heteroatoms. The smallest absolute Gasteiger partial charge is 0.241 e. The summed E-state index contributed by atoms with van der Waals surface area (Å²) in [5, 5.41) is 2.58. The molecular formula is C15H18N2O4S. The largest absolute Gasteiger partial charge is 0.465 e. The van der Waals surface area contributed by atoms with Crippen LogP contribution in [-0.4, -0.2) is 14.3 Å². The first-order chi connectivity index (χ1) is 10.3. The summed E-state index contributed by atoms with van der Waals surface area (Å²) in [4.78, 5) is 11.1. The molecule has 22 heavy (non-hydrogen) atoms. The average molecular weight is 322 g/mol. The molecule has 0 spiro atoms. The lowest BCUT2D eigenvalue weighted by Gasteiger charge is -2.12. The Bertz CT molecular complexity index is 763. The van der Waals surface area contributed by atoms with E-state index in [1.165, 1.54) is 31.2 Å². The molecule has 118 valence electrons. The lowest BCUT2D eigenvalue weighted by Crippen LogP contribution is -2.26. The fourth-order valence-electron chi connectivity index (χ4n) is 1.97. The third-order valence-electron chi connectivity index (χ3n) is 3.00. The fraction of sp³-hybridized carbons (Fsp3) is 0.267. The van der Waals surface area contributed by atoms with Crippen LogP contribution in [0.5, 0.6) is 0 Å². The van der Waals surface area contributed by atoms with Crippen molar-refractivity contribution in [2.24, 2.45) is 0 Å². The minimum Gasteiger partial charge on any atom is -0.465 e. The van der Waals surface area contributed by atoms with Crippen molar-refractivity contribution in [3.63, 3.8) is 0 Å². The molecule has 2 N–H and O–H groups in total. The number of aryl methyl sites for hydroxylation is 1. The molecule has 1 amide bonds. The minimum absolute atomic E-state index is 0.122. The van der Waals surface area contributed by atoms with Crippen molar-refractivity contribution in [1.29, 1.82) is 0 Å². The van der Waals surface area contributed by atoms with Crippen LogP contribution in [0, 0.1) is 6.92 Å². The molecule has 0 unspecified atom stereocenters. The summed E-state index contributed by atoms with van der Waals surface area (Å²) in [5.41, 5.74) is 0.543. The Morgan fingerprint density at radius 1 is 1.14 bits per heavy atom. The van der Waals surface area contributed by atoms with Gasteiger partial charge in [-0.3, -0.25) is 4.79 Å². The van der Waals surface area contributed by atoms with E-state index in [0.717, 1.165) is 5.76 Å². The maximum Gasteiger partial charge on any atom is 0.241 e. The minimum atomic E-state index is -3.67. The van der Waals surface area contributed by atoms with Crippen LogP contribution in [0.3, 0.4) is 0 Å². The first kappa shape index (κ1) is 16.3. The van der Waals surface area contributed by atoms with Crippen LogP contribution in [0.25, 0.3) is 0 Å². The number of carbonyl (C=O) groups excluding carboxylic acids is 1. The zero-order chi connectivity index (χ0) is 16.3. The molecule has 0 saturated carbocycles. The van der Waals surface area contributed by atoms with Crippen molar-refractivity contribution in [3.8, 4) is 0 Å². The third kappa shape index (κ3) is 3.96. The SMILES string of the molecule is CC(=O)Nc1ccc(S(=O)(=O)N[C@@H](C)c2ccc(C)o2)cc1. The zero-order valence-corrected chi connectivity index (χ0v) is 13.4. The van der Waals surface area contributed by atoms with E-state index in [2.05, 4.69) is 10.0 Å². The molecule has 2 rings (SSSR count). The van der Waals surface area contributed by atoms with Gasteiger partial charge < -0.3 is 9.73 Å². The van der Waals surface area contributed by atoms with E-state index in [4.69, 9.17) is 4.42 Å². The second-order valence-electron chi connectivity index (χ2n) is 5.00. The van der Waals surface area contributed by atoms with Gasteiger partial charge in [0.1, 0.15) is 11.5 Å². The summed E-state index contributed by atoms with van der Waals surface area (Å²) in [6, 6.07) is 9.00. The molecule has 1 heterocycles. The molecular weight excluding hydrogens is 304 g/mol. The van der Waals surface area contributed by atoms with Gasteiger partial charge in [0.05, 0.1) is 10.9 Å². The summed E-state index contributed by atoms with van der Waals surface area (Å²) in [6.45, 7) is 4.90. The zero-order valence-electron chi connectivity index (χ0n) is 12.6. The second-order valence-corrected chi connectivity index (χ2v) is 6.71. The standard InChI is InChI=1S/C15H18N2O4S/c1-10-4-9-15(21-10)11(2)17-22(19,20)14-7-5-13(6-8-14)16-12(3)18/h4-9,11,17H,1-3H3,(H,16,18)/t11-/m0/s1. The Kier molecular flexibility index (Phi) is 4.68. The molecule has 1 aromatic heterocycles. The van der Waals surface area contributed by atoms with Crippen LogP contribution >= 0.6 is 0 Å². The summed E-state index contributed by atoms with van der Waals surface area (Å²) in [5.74, 6) is 1.06. The number of furan rings is 1. The molecule has 0 fully saturated rings. The van der Waals surface area contributed by atoms with E-state index in [-0.39, 0.29) is 10.8 Å². The van der Waals surface area contributed by atoms with Crippen LogP contribution < -0.4 is 10.0 Å². The predicted octanol–water partition coefficient (Wildman–Crippen LogP) is 2.59. The number of amides is 1. The predicted molar refractivity (Wildman–Crippen MR) is 82.9 cm³/mol. The lowest BCUT2D eigenvalue weighted by atomic mass is 10.3. The molecule has 1 aromatic carbocycles. The van der Waals surface area contributed by atoms with Gasteiger partial charge in [-0.15, -0.1) is 0 Å². The lowest BCUT2D eigenvalue weighted by molar-refractivity contribution is -0.114. The van der Waals surface area contributed by atoms with Crippen molar-refractivity contribution < 1.29 is 17.6 Å². The fourth-order valence-corrected chi connectivity index (χ4v) is 3.18. The number of carbonyl (C=O) groups is 1. The number of hydrogen-bond donors (Lipinski definition) is 2. The number of hydrogen-bond acceptors (Lipinski definition) is 4. The number of nitrogens with one attached hydrogen (secondary N) is 2. The molecule has 0 aliphatic rings. The van der Waals surface area contributed by atoms with Crippen LogP contribution in [0.1, 0.15) is 31.4 Å². The molecule has 0 aliphatic carbocycles. The van der Waals surface area contributed by atoms with Crippen LogP contribution in [0.2, 0.25) is 0 Å². The molecule has 1 atom stereocenters. The third-order valence-corrected chi connectivity index (χ3v) is 4.56. The van der Waals surface area contributed by atoms with Crippen molar-refractivity contribution in [2.75, 3.05) is 5.32 Å². The van der Waals surface area contributed by atoms with E-state index in [1.807, 2.05) is 0 Å². The van der Waals surface area contributed by atoms with E-state index in [1.54, 1.807) is 26.0 Å².